The van der Waals surface area contributed by atoms with E-state index in [0.29, 0.717) is 6.61 Å². The second-order valence-electron chi connectivity index (χ2n) is 1.40. The molecule has 1 rings (SSSR count). The van der Waals surface area contributed by atoms with E-state index in [9.17, 15) is 4.21 Å². The van der Waals surface area contributed by atoms with E-state index < -0.39 is 11.4 Å². The molecule has 1 aliphatic heterocycles. The molecule has 0 aromatic carbocycles. The summed E-state index contributed by atoms with van der Waals surface area (Å²) in [5, 5.41) is 0. The third-order valence-electron chi connectivity index (χ3n) is 0.642. The Morgan fingerprint density at radius 1 is 1.86 bits per heavy atom. The number of hydrogen-bond acceptors (Lipinski definition) is 3. The van der Waals surface area contributed by atoms with Crippen LogP contribution in [-0.2, 0) is 19.7 Å². The van der Waals surface area contributed by atoms with E-state index in [4.69, 9.17) is 0 Å². The van der Waals surface area contributed by atoms with Crippen LogP contribution in [0.15, 0.2) is 0 Å². The summed E-state index contributed by atoms with van der Waals surface area (Å²) in [6.45, 7) is 2.26. The van der Waals surface area contributed by atoms with Gasteiger partial charge in [0.05, 0.1) is 12.7 Å². The molecule has 0 unspecified atom stereocenters. The molecule has 0 N–H and O–H groups in total. The van der Waals surface area contributed by atoms with Gasteiger partial charge in [-0.1, -0.05) is 0 Å². The molecular formula is C3H6O3S. The molecule has 0 radical (unpaired) electrons. The highest BCUT2D eigenvalue weighted by molar-refractivity contribution is 7.75. The molecular weight excluding hydrogens is 116 g/mol. The molecule has 42 valence electrons. The van der Waals surface area contributed by atoms with Gasteiger partial charge in [0, 0.05) is 0 Å². The highest BCUT2D eigenvalue weighted by Crippen LogP contribution is 2.05. The molecule has 0 aromatic rings. The van der Waals surface area contributed by atoms with Gasteiger partial charge in [0.1, 0.15) is 0 Å². The van der Waals surface area contributed by atoms with Gasteiger partial charge < -0.3 is 0 Å². The molecule has 4 heteroatoms. The summed E-state index contributed by atoms with van der Waals surface area (Å²) >= 11 is -1.45. The van der Waals surface area contributed by atoms with Crippen LogP contribution in [0.4, 0.5) is 0 Å². The summed E-state index contributed by atoms with van der Waals surface area (Å²) in [5.41, 5.74) is 0. The number of hydrogen-bond donors (Lipinski definition) is 0. The zero-order valence-electron chi connectivity index (χ0n) is 3.92. The first kappa shape index (κ1) is 5.21. The maximum Gasteiger partial charge on any atom is 0.305 e. The van der Waals surface area contributed by atoms with Crippen molar-refractivity contribution < 1.29 is 12.6 Å². The van der Waals surface area contributed by atoms with Gasteiger partial charge in [0.15, 0.2) is 0 Å². The van der Waals surface area contributed by atoms with Crippen LogP contribution in [0, 0.1) is 0 Å². The van der Waals surface area contributed by atoms with Gasteiger partial charge in [-0.15, -0.1) is 0 Å². The van der Waals surface area contributed by atoms with Crippen molar-refractivity contribution >= 4 is 11.4 Å². The zero-order valence-corrected chi connectivity index (χ0v) is 4.73. The first-order chi connectivity index (χ1) is 3.29. The smallest absolute Gasteiger partial charge is 0.266 e. The fraction of sp³-hybridized carbons (Fsp3) is 1.00. The molecule has 0 saturated carbocycles. The van der Waals surface area contributed by atoms with Gasteiger partial charge in [-0.3, -0.25) is 8.37 Å². The van der Waals surface area contributed by atoms with E-state index in [1.165, 1.54) is 0 Å². The van der Waals surface area contributed by atoms with E-state index in [1.807, 2.05) is 6.92 Å². The Hall–Kier alpha value is 0.0700. The zero-order chi connectivity index (χ0) is 5.28. The molecule has 0 aliphatic carbocycles. The Balaban J connectivity index is 2.40. The normalized spacial score (nSPS) is 41.9. The van der Waals surface area contributed by atoms with Crippen molar-refractivity contribution in [1.82, 2.24) is 0 Å². The Bertz CT molecular complexity index is 92.2. The summed E-state index contributed by atoms with van der Waals surface area (Å²) in [5.74, 6) is 0. The average Bonchev–Trinajstić information content (AvgIpc) is 1.87. The van der Waals surface area contributed by atoms with Crippen LogP contribution in [0.2, 0.25) is 0 Å². The lowest BCUT2D eigenvalue weighted by molar-refractivity contribution is 0.262. The molecule has 3 nitrogen and oxygen atoms in total. The highest BCUT2D eigenvalue weighted by Gasteiger charge is 2.17. The molecule has 0 bridgehead atoms. The fourth-order valence-corrected chi connectivity index (χ4v) is 1.02. The topological polar surface area (TPSA) is 35.5 Å². The summed E-state index contributed by atoms with van der Waals surface area (Å²) in [6.07, 6.45) is 0.000772. The minimum absolute atomic E-state index is 0.000772. The van der Waals surface area contributed by atoms with Gasteiger partial charge in [-0.25, -0.2) is 0 Å². The van der Waals surface area contributed by atoms with Crippen molar-refractivity contribution in [1.29, 1.82) is 0 Å². The third-order valence-corrected chi connectivity index (χ3v) is 1.46. The summed E-state index contributed by atoms with van der Waals surface area (Å²) in [7, 11) is 0. The van der Waals surface area contributed by atoms with Crippen LogP contribution in [0.3, 0.4) is 0 Å². The van der Waals surface area contributed by atoms with E-state index in [0.717, 1.165) is 0 Å². The second kappa shape index (κ2) is 1.90. The van der Waals surface area contributed by atoms with Crippen molar-refractivity contribution in [3.63, 3.8) is 0 Å². The maximum absolute atomic E-state index is 10.1. The molecule has 1 saturated heterocycles. The molecule has 7 heavy (non-hydrogen) atoms. The minimum atomic E-state index is -1.45. The molecule has 1 aliphatic rings. The summed E-state index contributed by atoms with van der Waals surface area (Å²) < 4.78 is 19.2. The fourth-order valence-electron chi connectivity index (χ4n) is 0.341. The summed E-state index contributed by atoms with van der Waals surface area (Å²) in [6, 6.07) is 0. The minimum Gasteiger partial charge on any atom is -0.266 e. The van der Waals surface area contributed by atoms with E-state index in [-0.39, 0.29) is 6.10 Å². The maximum atomic E-state index is 10.1. The summed E-state index contributed by atoms with van der Waals surface area (Å²) in [4.78, 5) is 0. The molecule has 0 amide bonds. The van der Waals surface area contributed by atoms with Crippen LogP contribution in [0.25, 0.3) is 0 Å². The van der Waals surface area contributed by atoms with Gasteiger partial charge in [-0.2, -0.15) is 4.21 Å². The van der Waals surface area contributed by atoms with Crippen LogP contribution < -0.4 is 0 Å². The van der Waals surface area contributed by atoms with E-state index in [2.05, 4.69) is 8.37 Å². The van der Waals surface area contributed by atoms with Crippen molar-refractivity contribution in [2.75, 3.05) is 6.61 Å². The number of rotatable bonds is 0. The van der Waals surface area contributed by atoms with Crippen molar-refractivity contribution in [3.8, 4) is 0 Å². The van der Waals surface area contributed by atoms with Crippen LogP contribution in [0.5, 0.6) is 0 Å². The monoisotopic (exact) mass is 122 g/mol. The Morgan fingerprint density at radius 3 is 2.71 bits per heavy atom. The van der Waals surface area contributed by atoms with Crippen LogP contribution in [0.1, 0.15) is 6.92 Å². The lowest BCUT2D eigenvalue weighted by Crippen LogP contribution is -2.00. The first-order valence-electron chi connectivity index (χ1n) is 2.01. The Morgan fingerprint density at radius 2 is 2.57 bits per heavy atom. The highest BCUT2D eigenvalue weighted by atomic mass is 32.2. The standard InChI is InChI=1S/C3H6O3S/c1-3-2-5-7(4)6-3/h3H,2H2,1H3/t3-,7-/m1/s1. The van der Waals surface area contributed by atoms with Gasteiger partial charge >= 0.3 is 11.4 Å². The predicted molar refractivity (Wildman–Crippen MR) is 24.6 cm³/mol. The van der Waals surface area contributed by atoms with E-state index in [1.54, 1.807) is 0 Å². The largest absolute Gasteiger partial charge is 0.305 e. The van der Waals surface area contributed by atoms with Gasteiger partial charge in [-0.05, 0) is 6.92 Å². The second-order valence-corrected chi connectivity index (χ2v) is 2.23. The molecule has 0 spiro atoms. The molecule has 0 aromatic heterocycles. The van der Waals surface area contributed by atoms with Crippen molar-refractivity contribution in [3.05, 3.63) is 0 Å². The average molecular weight is 122 g/mol. The Labute approximate surface area is 44.5 Å². The quantitative estimate of drug-likeness (QED) is 0.453. The van der Waals surface area contributed by atoms with Crippen molar-refractivity contribution in [2.24, 2.45) is 0 Å². The van der Waals surface area contributed by atoms with Crippen molar-refractivity contribution in [2.45, 2.75) is 13.0 Å². The Kier molecular flexibility index (Phi) is 1.41. The molecule has 2 atom stereocenters. The molecule has 1 heterocycles. The van der Waals surface area contributed by atoms with Crippen LogP contribution in [-0.4, -0.2) is 16.9 Å². The lowest BCUT2D eigenvalue weighted by Gasteiger charge is -1.88. The van der Waals surface area contributed by atoms with E-state index >= 15 is 0 Å². The SMILES string of the molecule is C[C@@H]1CO[S@@](=O)O1. The third kappa shape index (κ3) is 1.22. The van der Waals surface area contributed by atoms with Crippen LogP contribution >= 0.6 is 0 Å². The van der Waals surface area contributed by atoms with Gasteiger partial charge in [0.2, 0.25) is 0 Å². The predicted octanol–water partition coefficient (Wildman–Crippen LogP) is 0.000400. The van der Waals surface area contributed by atoms with Gasteiger partial charge in [0.25, 0.3) is 0 Å². The molecule has 1 fully saturated rings. The lowest BCUT2D eigenvalue weighted by atomic mass is 10.5. The first-order valence-corrected chi connectivity index (χ1v) is 3.01.